The summed E-state index contributed by atoms with van der Waals surface area (Å²) in [6, 6.07) is 0. The minimum Gasteiger partial charge on any atom is -0.390 e. The largest absolute Gasteiger partial charge is 0.390 e. The highest BCUT2D eigenvalue weighted by Crippen LogP contribution is 1.91. The summed E-state index contributed by atoms with van der Waals surface area (Å²) in [4.78, 5) is 2.13. The van der Waals surface area contributed by atoms with Gasteiger partial charge < -0.3 is 20.1 Å². The van der Waals surface area contributed by atoms with Crippen molar-refractivity contribution in [3.8, 4) is 0 Å². The second-order valence-corrected chi connectivity index (χ2v) is 3.57. The Bertz CT molecular complexity index is 123. The van der Waals surface area contributed by atoms with Gasteiger partial charge in [0.15, 0.2) is 0 Å². The van der Waals surface area contributed by atoms with Crippen molar-refractivity contribution in [2.75, 3.05) is 46.9 Å². The summed E-state index contributed by atoms with van der Waals surface area (Å²) in [6.07, 6.45) is 0.739. The van der Waals surface area contributed by atoms with Gasteiger partial charge in [0.05, 0.1) is 6.10 Å². The Labute approximate surface area is 87.2 Å². The highest BCUT2D eigenvalue weighted by Gasteiger charge is 2.06. The molecule has 0 aliphatic heterocycles. The number of rotatable bonds is 9. The minimum atomic E-state index is -0.275. The molecule has 0 aromatic carbocycles. The third-order valence-electron chi connectivity index (χ3n) is 2.04. The van der Waals surface area contributed by atoms with Crippen molar-refractivity contribution in [2.45, 2.75) is 19.4 Å². The third kappa shape index (κ3) is 8.44. The molecule has 0 aromatic rings. The first-order valence-electron chi connectivity index (χ1n) is 5.27. The molecule has 4 nitrogen and oxygen atoms in total. The summed E-state index contributed by atoms with van der Waals surface area (Å²) in [7, 11) is 3.73. The van der Waals surface area contributed by atoms with Crippen molar-refractivity contribution in [1.29, 1.82) is 0 Å². The van der Waals surface area contributed by atoms with Crippen LogP contribution < -0.4 is 5.32 Å². The zero-order valence-electron chi connectivity index (χ0n) is 9.62. The lowest BCUT2D eigenvalue weighted by atomic mass is 10.3. The Hall–Kier alpha value is -0.160. The van der Waals surface area contributed by atoms with Crippen LogP contribution in [0.3, 0.4) is 0 Å². The number of aliphatic hydroxyl groups excluding tert-OH is 1. The molecule has 1 atom stereocenters. The van der Waals surface area contributed by atoms with Crippen LogP contribution in [0.2, 0.25) is 0 Å². The maximum atomic E-state index is 9.57. The SMILES string of the molecule is CCNCC(O)CN(C)CCCOC. The van der Waals surface area contributed by atoms with Crippen molar-refractivity contribution in [2.24, 2.45) is 0 Å². The van der Waals surface area contributed by atoms with Gasteiger partial charge >= 0.3 is 0 Å². The van der Waals surface area contributed by atoms with E-state index in [0.29, 0.717) is 6.54 Å². The van der Waals surface area contributed by atoms with Crippen molar-refractivity contribution in [3.05, 3.63) is 0 Å². The molecule has 0 spiro atoms. The molecule has 86 valence electrons. The Balaban J connectivity index is 3.35. The first-order valence-corrected chi connectivity index (χ1v) is 5.27. The third-order valence-corrected chi connectivity index (χ3v) is 2.04. The summed E-state index contributed by atoms with van der Waals surface area (Å²) in [5.74, 6) is 0. The van der Waals surface area contributed by atoms with Crippen LogP contribution in [0.25, 0.3) is 0 Å². The normalized spacial score (nSPS) is 13.5. The van der Waals surface area contributed by atoms with Crippen LogP contribution in [0.4, 0.5) is 0 Å². The van der Waals surface area contributed by atoms with E-state index in [1.54, 1.807) is 7.11 Å². The van der Waals surface area contributed by atoms with Gasteiger partial charge in [-0.15, -0.1) is 0 Å². The van der Waals surface area contributed by atoms with Gasteiger partial charge in [-0.2, -0.15) is 0 Å². The molecular formula is C10H24N2O2. The fraction of sp³-hybridized carbons (Fsp3) is 1.00. The molecule has 0 rings (SSSR count). The van der Waals surface area contributed by atoms with Crippen molar-refractivity contribution >= 4 is 0 Å². The summed E-state index contributed by atoms with van der Waals surface area (Å²) in [6.45, 7) is 6.09. The van der Waals surface area contributed by atoms with Crippen LogP contribution in [0.15, 0.2) is 0 Å². The number of ether oxygens (including phenoxy) is 1. The molecular weight excluding hydrogens is 180 g/mol. The van der Waals surface area contributed by atoms with E-state index >= 15 is 0 Å². The number of aliphatic hydroxyl groups is 1. The highest BCUT2D eigenvalue weighted by molar-refractivity contribution is 4.63. The van der Waals surface area contributed by atoms with Crippen molar-refractivity contribution < 1.29 is 9.84 Å². The highest BCUT2D eigenvalue weighted by atomic mass is 16.5. The Morgan fingerprint density at radius 3 is 2.79 bits per heavy atom. The summed E-state index contributed by atoms with van der Waals surface area (Å²) in [5, 5.41) is 12.7. The second kappa shape index (κ2) is 9.40. The summed E-state index contributed by atoms with van der Waals surface area (Å²) in [5.41, 5.74) is 0. The van der Waals surface area contributed by atoms with E-state index in [1.165, 1.54) is 0 Å². The van der Waals surface area contributed by atoms with Gasteiger partial charge in [0.25, 0.3) is 0 Å². The molecule has 0 saturated carbocycles. The van der Waals surface area contributed by atoms with Crippen LogP contribution in [0.5, 0.6) is 0 Å². The van der Waals surface area contributed by atoms with Gasteiger partial charge in [-0.05, 0) is 20.0 Å². The Morgan fingerprint density at radius 1 is 1.50 bits per heavy atom. The number of nitrogens with one attached hydrogen (secondary N) is 1. The van der Waals surface area contributed by atoms with Gasteiger partial charge in [0.2, 0.25) is 0 Å². The molecule has 0 fully saturated rings. The quantitative estimate of drug-likeness (QED) is 0.516. The molecule has 14 heavy (non-hydrogen) atoms. The van der Waals surface area contributed by atoms with Gasteiger partial charge in [0, 0.05) is 33.4 Å². The van der Waals surface area contributed by atoms with Gasteiger partial charge in [-0.1, -0.05) is 6.92 Å². The fourth-order valence-electron chi connectivity index (χ4n) is 1.31. The zero-order valence-corrected chi connectivity index (χ0v) is 9.62. The summed E-state index contributed by atoms with van der Waals surface area (Å²) < 4.78 is 4.96. The molecule has 0 amide bonds. The fourth-order valence-corrected chi connectivity index (χ4v) is 1.31. The molecule has 0 bridgehead atoms. The van der Waals surface area contributed by atoms with E-state index in [4.69, 9.17) is 4.74 Å². The van der Waals surface area contributed by atoms with Crippen molar-refractivity contribution in [3.63, 3.8) is 0 Å². The van der Waals surface area contributed by atoms with E-state index in [9.17, 15) is 5.11 Å². The maximum absolute atomic E-state index is 9.57. The monoisotopic (exact) mass is 204 g/mol. The first-order chi connectivity index (χ1) is 6.70. The van der Waals surface area contributed by atoms with E-state index < -0.39 is 0 Å². The number of nitrogens with zero attached hydrogens (tertiary/aromatic N) is 1. The van der Waals surface area contributed by atoms with Crippen LogP contribution in [0.1, 0.15) is 13.3 Å². The average molecular weight is 204 g/mol. The predicted molar refractivity (Wildman–Crippen MR) is 58.5 cm³/mol. The van der Waals surface area contributed by atoms with Crippen LogP contribution in [-0.2, 0) is 4.74 Å². The lowest BCUT2D eigenvalue weighted by Crippen LogP contribution is -2.37. The molecule has 0 radical (unpaired) electrons. The van der Waals surface area contributed by atoms with Gasteiger partial charge in [-0.25, -0.2) is 0 Å². The molecule has 0 aliphatic rings. The Morgan fingerprint density at radius 2 is 2.21 bits per heavy atom. The standard InChI is InChI=1S/C10H24N2O2/c1-4-11-8-10(13)9-12(2)6-5-7-14-3/h10-11,13H,4-9H2,1-3H3. The van der Waals surface area contributed by atoms with E-state index in [-0.39, 0.29) is 6.10 Å². The van der Waals surface area contributed by atoms with E-state index in [1.807, 2.05) is 14.0 Å². The van der Waals surface area contributed by atoms with Gasteiger partial charge in [0.1, 0.15) is 0 Å². The smallest absolute Gasteiger partial charge is 0.0791 e. The molecule has 2 N–H and O–H groups in total. The number of hydrogen-bond acceptors (Lipinski definition) is 4. The molecule has 4 heteroatoms. The number of hydrogen-bond donors (Lipinski definition) is 2. The number of methoxy groups -OCH3 is 1. The lowest BCUT2D eigenvalue weighted by molar-refractivity contribution is 0.116. The average Bonchev–Trinajstić information content (AvgIpc) is 2.15. The second-order valence-electron chi connectivity index (χ2n) is 3.57. The van der Waals surface area contributed by atoms with Crippen LogP contribution in [0, 0.1) is 0 Å². The topological polar surface area (TPSA) is 44.7 Å². The first kappa shape index (κ1) is 13.8. The molecule has 0 aliphatic carbocycles. The van der Waals surface area contributed by atoms with E-state index in [2.05, 4.69) is 10.2 Å². The molecule has 0 aromatic heterocycles. The Kier molecular flexibility index (Phi) is 9.29. The van der Waals surface area contributed by atoms with Crippen LogP contribution >= 0.6 is 0 Å². The molecule has 1 unspecified atom stereocenters. The van der Waals surface area contributed by atoms with Gasteiger partial charge in [-0.3, -0.25) is 0 Å². The van der Waals surface area contributed by atoms with Crippen LogP contribution in [-0.4, -0.2) is 63.1 Å². The zero-order chi connectivity index (χ0) is 10.8. The van der Waals surface area contributed by atoms with Crippen molar-refractivity contribution in [1.82, 2.24) is 10.2 Å². The molecule has 0 heterocycles. The molecule has 0 saturated heterocycles. The lowest BCUT2D eigenvalue weighted by Gasteiger charge is -2.20. The maximum Gasteiger partial charge on any atom is 0.0791 e. The summed E-state index contributed by atoms with van der Waals surface area (Å²) >= 11 is 0. The number of likely N-dealkylation sites (N-methyl/N-ethyl adjacent to an activating group) is 2. The predicted octanol–water partition coefficient (Wildman–Crippen LogP) is -0.0749. The van der Waals surface area contributed by atoms with E-state index in [0.717, 1.165) is 32.7 Å². The minimum absolute atomic E-state index is 0.275.